The average molecular weight is 331 g/mol. The zero-order valence-corrected chi connectivity index (χ0v) is 13.5. The topological polar surface area (TPSA) is 72.5 Å². The number of nitrogens with one attached hydrogen (secondary N) is 1. The van der Waals surface area contributed by atoms with Crippen molar-refractivity contribution in [2.45, 2.75) is 11.3 Å². The fraction of sp³-hybridized carbons (Fsp3) is 0.235. The maximum absolute atomic E-state index is 12.4. The Morgan fingerprint density at radius 3 is 2.74 bits per heavy atom. The molecule has 1 amide bonds. The predicted molar refractivity (Wildman–Crippen MR) is 87.3 cm³/mol. The Morgan fingerprint density at radius 2 is 1.96 bits per heavy atom. The normalized spacial score (nSPS) is 17.0. The lowest BCUT2D eigenvalue weighted by molar-refractivity contribution is -0.121. The van der Waals surface area contributed by atoms with E-state index in [9.17, 15) is 13.2 Å². The van der Waals surface area contributed by atoms with Crippen molar-refractivity contribution < 1.29 is 17.9 Å². The average Bonchev–Trinajstić information content (AvgIpc) is 2.54. The van der Waals surface area contributed by atoms with E-state index in [1.54, 1.807) is 12.1 Å². The molecular formula is C17H17NO4S. The summed E-state index contributed by atoms with van der Waals surface area (Å²) >= 11 is 0. The molecule has 1 aliphatic heterocycles. The fourth-order valence-electron chi connectivity index (χ4n) is 2.55. The first-order valence-electron chi connectivity index (χ1n) is 7.25. The minimum atomic E-state index is -3.30. The number of hydrogen-bond acceptors (Lipinski definition) is 4. The van der Waals surface area contributed by atoms with Crippen molar-refractivity contribution >= 4 is 21.4 Å². The number of benzene rings is 2. The van der Waals surface area contributed by atoms with E-state index in [1.165, 1.54) is 12.1 Å². The van der Waals surface area contributed by atoms with Gasteiger partial charge < -0.3 is 10.1 Å². The van der Waals surface area contributed by atoms with Gasteiger partial charge in [-0.3, -0.25) is 4.79 Å². The molecule has 0 radical (unpaired) electrons. The van der Waals surface area contributed by atoms with Gasteiger partial charge in [0.25, 0.3) is 0 Å². The summed E-state index contributed by atoms with van der Waals surface area (Å²) in [6.07, 6.45) is 1.74. The van der Waals surface area contributed by atoms with Gasteiger partial charge in [0, 0.05) is 11.9 Å². The molecule has 1 heterocycles. The van der Waals surface area contributed by atoms with Crippen molar-refractivity contribution in [2.75, 3.05) is 18.2 Å². The van der Waals surface area contributed by atoms with Gasteiger partial charge in [-0.2, -0.15) is 0 Å². The summed E-state index contributed by atoms with van der Waals surface area (Å²) in [5.41, 5.74) is 1.47. The number of fused-ring (bicyclic) bond motifs is 1. The Bertz CT molecular complexity index is 845. The van der Waals surface area contributed by atoms with E-state index < -0.39 is 9.84 Å². The van der Waals surface area contributed by atoms with E-state index >= 15 is 0 Å². The molecule has 0 unspecified atom stereocenters. The summed E-state index contributed by atoms with van der Waals surface area (Å²) < 4.78 is 28.8. The Balaban J connectivity index is 1.73. The first-order chi connectivity index (χ1) is 10.9. The van der Waals surface area contributed by atoms with Crippen molar-refractivity contribution in [1.82, 2.24) is 0 Å². The third kappa shape index (κ3) is 3.53. The number of ether oxygens (including phenoxy) is 1. The highest BCUT2D eigenvalue weighted by atomic mass is 32.2. The Morgan fingerprint density at radius 1 is 1.17 bits per heavy atom. The van der Waals surface area contributed by atoms with Crippen LogP contribution in [-0.2, 0) is 21.1 Å². The van der Waals surface area contributed by atoms with Crippen LogP contribution >= 0.6 is 0 Å². The van der Waals surface area contributed by atoms with Crippen LogP contribution in [0.1, 0.15) is 5.56 Å². The van der Waals surface area contributed by atoms with E-state index in [2.05, 4.69) is 5.32 Å². The molecule has 1 atom stereocenters. The number of rotatable bonds is 3. The van der Waals surface area contributed by atoms with Gasteiger partial charge in [-0.1, -0.05) is 24.3 Å². The molecule has 0 saturated heterocycles. The smallest absolute Gasteiger partial charge is 0.231 e. The van der Waals surface area contributed by atoms with Gasteiger partial charge in [0.1, 0.15) is 12.4 Å². The van der Waals surface area contributed by atoms with Gasteiger partial charge in [-0.25, -0.2) is 8.42 Å². The molecule has 0 aromatic heterocycles. The van der Waals surface area contributed by atoms with Crippen LogP contribution in [0.15, 0.2) is 53.4 Å². The maximum Gasteiger partial charge on any atom is 0.231 e. The van der Waals surface area contributed by atoms with E-state index in [0.29, 0.717) is 18.7 Å². The summed E-state index contributed by atoms with van der Waals surface area (Å²) in [6.45, 7) is 0.314. The van der Waals surface area contributed by atoms with Crippen LogP contribution in [0.3, 0.4) is 0 Å². The summed E-state index contributed by atoms with van der Waals surface area (Å²) in [4.78, 5) is 12.6. The number of para-hydroxylation sites is 1. The van der Waals surface area contributed by atoms with Crippen LogP contribution in [0.25, 0.3) is 0 Å². The summed E-state index contributed by atoms with van der Waals surface area (Å²) in [7, 11) is -3.30. The molecule has 2 aromatic rings. The van der Waals surface area contributed by atoms with Crippen LogP contribution in [0.2, 0.25) is 0 Å². The van der Waals surface area contributed by atoms with Crippen LogP contribution in [0.4, 0.5) is 5.69 Å². The summed E-state index contributed by atoms with van der Waals surface area (Å²) in [5.74, 6) is 0.340. The van der Waals surface area contributed by atoms with E-state index in [-0.39, 0.29) is 16.7 Å². The molecule has 2 aromatic carbocycles. The van der Waals surface area contributed by atoms with Gasteiger partial charge in [0.05, 0.1) is 10.8 Å². The highest BCUT2D eigenvalue weighted by Gasteiger charge is 2.26. The van der Waals surface area contributed by atoms with Gasteiger partial charge in [-0.15, -0.1) is 0 Å². The molecule has 1 N–H and O–H groups in total. The monoisotopic (exact) mass is 331 g/mol. The highest BCUT2D eigenvalue weighted by molar-refractivity contribution is 7.90. The van der Waals surface area contributed by atoms with E-state index in [0.717, 1.165) is 17.6 Å². The minimum absolute atomic E-state index is 0.176. The molecular weight excluding hydrogens is 314 g/mol. The van der Waals surface area contributed by atoms with Crippen molar-refractivity contribution in [3.8, 4) is 5.75 Å². The Kier molecular flexibility index (Phi) is 4.09. The minimum Gasteiger partial charge on any atom is -0.492 e. The second kappa shape index (κ2) is 6.04. The van der Waals surface area contributed by atoms with Crippen LogP contribution in [0.5, 0.6) is 5.75 Å². The molecule has 0 saturated carbocycles. The molecule has 0 spiro atoms. The van der Waals surface area contributed by atoms with E-state index in [4.69, 9.17) is 4.74 Å². The zero-order valence-electron chi connectivity index (χ0n) is 12.7. The van der Waals surface area contributed by atoms with Crippen LogP contribution in [-0.4, -0.2) is 27.2 Å². The summed E-state index contributed by atoms with van der Waals surface area (Å²) in [5, 5.41) is 2.77. The standard InChI is InChI=1S/C17H17NO4S/c1-23(20,21)15-7-4-6-14(10-15)18-17(19)13-9-12-5-2-3-8-16(12)22-11-13/h2-8,10,13H,9,11H2,1H3,(H,18,19)/t13-/m0/s1. The second-order valence-corrected chi connectivity index (χ2v) is 7.62. The SMILES string of the molecule is CS(=O)(=O)c1cccc(NC(=O)[C@@H]2COc3ccccc3C2)c1. The molecule has 0 fully saturated rings. The first kappa shape index (κ1) is 15.6. The largest absolute Gasteiger partial charge is 0.492 e. The number of carbonyl (C=O) groups excluding carboxylic acids is 1. The van der Waals surface area contributed by atoms with Gasteiger partial charge in [0.2, 0.25) is 5.91 Å². The molecule has 120 valence electrons. The third-order valence-electron chi connectivity index (χ3n) is 3.78. The maximum atomic E-state index is 12.4. The van der Waals surface area contributed by atoms with Crippen molar-refractivity contribution in [3.63, 3.8) is 0 Å². The van der Waals surface area contributed by atoms with Crippen molar-refractivity contribution in [3.05, 3.63) is 54.1 Å². The lowest BCUT2D eigenvalue weighted by atomic mass is 9.96. The highest BCUT2D eigenvalue weighted by Crippen LogP contribution is 2.27. The summed E-state index contributed by atoms with van der Waals surface area (Å²) in [6, 6.07) is 13.9. The number of carbonyl (C=O) groups is 1. The number of anilines is 1. The second-order valence-electron chi connectivity index (χ2n) is 5.61. The predicted octanol–water partition coefficient (Wildman–Crippen LogP) is 2.28. The van der Waals surface area contributed by atoms with Crippen molar-refractivity contribution in [2.24, 2.45) is 5.92 Å². The molecule has 0 bridgehead atoms. The Hall–Kier alpha value is -2.34. The molecule has 0 aliphatic carbocycles. The molecule has 6 heteroatoms. The lowest BCUT2D eigenvalue weighted by Crippen LogP contribution is -2.32. The molecule has 5 nitrogen and oxygen atoms in total. The van der Waals surface area contributed by atoms with Crippen LogP contribution in [0, 0.1) is 5.92 Å². The van der Waals surface area contributed by atoms with E-state index in [1.807, 2.05) is 24.3 Å². The van der Waals surface area contributed by atoms with Gasteiger partial charge in [0.15, 0.2) is 9.84 Å². The molecule has 3 rings (SSSR count). The third-order valence-corrected chi connectivity index (χ3v) is 4.89. The molecule has 23 heavy (non-hydrogen) atoms. The van der Waals surface area contributed by atoms with Gasteiger partial charge in [-0.05, 0) is 36.2 Å². The number of sulfone groups is 1. The van der Waals surface area contributed by atoms with Gasteiger partial charge >= 0.3 is 0 Å². The molecule has 1 aliphatic rings. The van der Waals surface area contributed by atoms with Crippen LogP contribution < -0.4 is 10.1 Å². The quantitative estimate of drug-likeness (QED) is 0.936. The van der Waals surface area contributed by atoms with Crippen molar-refractivity contribution in [1.29, 1.82) is 0 Å². The zero-order chi connectivity index (χ0) is 16.4. The fourth-order valence-corrected chi connectivity index (χ4v) is 3.21. The number of amides is 1. The Labute approximate surface area is 135 Å². The lowest BCUT2D eigenvalue weighted by Gasteiger charge is -2.24. The number of hydrogen-bond donors (Lipinski definition) is 1. The first-order valence-corrected chi connectivity index (χ1v) is 9.14.